The molecule has 0 radical (unpaired) electrons. The summed E-state index contributed by atoms with van der Waals surface area (Å²) in [5.41, 5.74) is -0.982. The minimum Gasteiger partial charge on any atom is -0.352 e. The van der Waals surface area contributed by atoms with Crippen molar-refractivity contribution in [2.75, 3.05) is 20.1 Å². The summed E-state index contributed by atoms with van der Waals surface area (Å²) in [5.74, 6) is -0.309. The number of carbonyl (C=O) groups is 1. The van der Waals surface area contributed by atoms with Gasteiger partial charge in [0.15, 0.2) is 5.69 Å². The molecule has 0 aromatic carbocycles. The number of rotatable bonds is 3. The lowest BCUT2D eigenvalue weighted by molar-refractivity contribution is -0.141. The highest BCUT2D eigenvalue weighted by Crippen LogP contribution is 2.27. The van der Waals surface area contributed by atoms with E-state index in [0.717, 1.165) is 42.9 Å². The molecule has 2 heterocycles. The first-order valence-corrected chi connectivity index (χ1v) is 6.43. The van der Waals surface area contributed by atoms with E-state index in [1.165, 1.54) is 0 Å². The second-order valence-electron chi connectivity index (χ2n) is 5.04. The Morgan fingerprint density at radius 1 is 1.45 bits per heavy atom. The summed E-state index contributed by atoms with van der Waals surface area (Å²) in [7, 11) is 2.01. The first-order valence-electron chi connectivity index (χ1n) is 6.43. The van der Waals surface area contributed by atoms with E-state index in [4.69, 9.17) is 0 Å². The van der Waals surface area contributed by atoms with E-state index >= 15 is 0 Å². The SMILES string of the molecule is CN1CCC(NC(=O)Cn2ccc(C(F)(F)F)n2)CC1. The van der Waals surface area contributed by atoms with E-state index < -0.39 is 11.9 Å². The molecule has 8 heteroatoms. The van der Waals surface area contributed by atoms with Crippen molar-refractivity contribution in [2.45, 2.75) is 31.6 Å². The molecule has 1 aliphatic heterocycles. The van der Waals surface area contributed by atoms with Crippen LogP contribution < -0.4 is 5.32 Å². The highest BCUT2D eigenvalue weighted by molar-refractivity contribution is 5.75. The predicted molar refractivity (Wildman–Crippen MR) is 65.9 cm³/mol. The molecule has 0 atom stereocenters. The third kappa shape index (κ3) is 3.96. The lowest BCUT2D eigenvalue weighted by Gasteiger charge is -2.29. The molecule has 0 bridgehead atoms. The number of nitrogens with one attached hydrogen (secondary N) is 1. The molecule has 1 amide bonds. The molecule has 0 saturated carbocycles. The van der Waals surface area contributed by atoms with Gasteiger partial charge in [-0.3, -0.25) is 9.48 Å². The normalized spacial score (nSPS) is 18.2. The Bertz CT molecular complexity index is 464. The lowest BCUT2D eigenvalue weighted by Crippen LogP contribution is -2.44. The maximum Gasteiger partial charge on any atom is 0.435 e. The van der Waals surface area contributed by atoms with Crippen molar-refractivity contribution in [3.05, 3.63) is 18.0 Å². The van der Waals surface area contributed by atoms with Gasteiger partial charge in [0.2, 0.25) is 5.91 Å². The van der Waals surface area contributed by atoms with Crippen LogP contribution in [0.1, 0.15) is 18.5 Å². The molecule has 20 heavy (non-hydrogen) atoms. The van der Waals surface area contributed by atoms with Crippen LogP contribution in [0.3, 0.4) is 0 Å². The molecule has 0 spiro atoms. The van der Waals surface area contributed by atoms with Crippen molar-refractivity contribution >= 4 is 5.91 Å². The van der Waals surface area contributed by atoms with Crippen LogP contribution in [0.5, 0.6) is 0 Å². The van der Waals surface area contributed by atoms with Crippen molar-refractivity contribution in [1.29, 1.82) is 0 Å². The van der Waals surface area contributed by atoms with Crippen LogP contribution in [0.2, 0.25) is 0 Å². The highest BCUT2D eigenvalue weighted by atomic mass is 19.4. The summed E-state index contributed by atoms with van der Waals surface area (Å²) in [4.78, 5) is 13.9. The van der Waals surface area contributed by atoms with Gasteiger partial charge in [-0.25, -0.2) is 0 Å². The van der Waals surface area contributed by atoms with Crippen LogP contribution in [0.15, 0.2) is 12.3 Å². The van der Waals surface area contributed by atoms with Gasteiger partial charge in [0.1, 0.15) is 6.54 Å². The van der Waals surface area contributed by atoms with E-state index in [2.05, 4.69) is 15.3 Å². The molecule has 1 saturated heterocycles. The molecule has 2 rings (SSSR count). The van der Waals surface area contributed by atoms with E-state index in [-0.39, 0.29) is 18.5 Å². The van der Waals surface area contributed by atoms with Gasteiger partial charge >= 0.3 is 6.18 Å². The van der Waals surface area contributed by atoms with Crippen molar-refractivity contribution < 1.29 is 18.0 Å². The Kier molecular flexibility index (Phi) is 4.32. The smallest absolute Gasteiger partial charge is 0.352 e. The van der Waals surface area contributed by atoms with E-state index in [1.54, 1.807) is 0 Å². The minimum absolute atomic E-state index is 0.0938. The van der Waals surface area contributed by atoms with Gasteiger partial charge in [-0.15, -0.1) is 0 Å². The summed E-state index contributed by atoms with van der Waals surface area (Å²) < 4.78 is 38.1. The highest BCUT2D eigenvalue weighted by Gasteiger charge is 2.33. The average Bonchev–Trinajstić information content (AvgIpc) is 2.80. The average molecular weight is 290 g/mol. The fourth-order valence-corrected chi connectivity index (χ4v) is 2.17. The van der Waals surface area contributed by atoms with Gasteiger partial charge in [-0.2, -0.15) is 18.3 Å². The number of hydrogen-bond acceptors (Lipinski definition) is 3. The molecule has 5 nitrogen and oxygen atoms in total. The molecule has 1 N–H and O–H groups in total. The number of carbonyl (C=O) groups excluding carboxylic acids is 1. The van der Waals surface area contributed by atoms with E-state index in [0.29, 0.717) is 0 Å². The standard InChI is InChI=1S/C12H17F3N4O/c1-18-5-2-9(3-6-18)16-11(20)8-19-7-4-10(17-19)12(13,14)15/h4,7,9H,2-3,5-6,8H2,1H3,(H,16,20). The number of nitrogens with zero attached hydrogens (tertiary/aromatic N) is 3. The number of aromatic nitrogens is 2. The molecule has 0 unspecified atom stereocenters. The van der Waals surface area contributed by atoms with Crippen LogP contribution in [0, 0.1) is 0 Å². The Hall–Kier alpha value is -1.57. The van der Waals surface area contributed by atoms with E-state index in [1.807, 2.05) is 7.05 Å². The van der Waals surface area contributed by atoms with Gasteiger partial charge in [0.05, 0.1) is 0 Å². The van der Waals surface area contributed by atoms with Gasteiger partial charge in [0, 0.05) is 12.2 Å². The number of piperidine rings is 1. The van der Waals surface area contributed by atoms with Crippen molar-refractivity contribution in [3.8, 4) is 0 Å². The molecular weight excluding hydrogens is 273 g/mol. The zero-order valence-corrected chi connectivity index (χ0v) is 11.2. The molecule has 1 aromatic heterocycles. The van der Waals surface area contributed by atoms with Gasteiger partial charge in [-0.1, -0.05) is 0 Å². The summed E-state index contributed by atoms with van der Waals surface area (Å²) in [5, 5.41) is 6.18. The molecule has 0 aliphatic carbocycles. The number of halogens is 3. The minimum atomic E-state index is -4.48. The predicted octanol–water partition coefficient (Wildman–Crippen LogP) is 1.11. The monoisotopic (exact) mass is 290 g/mol. The molecule has 1 fully saturated rings. The van der Waals surface area contributed by atoms with Crippen LogP contribution >= 0.6 is 0 Å². The first-order chi connectivity index (χ1) is 9.34. The Balaban J connectivity index is 1.84. The zero-order valence-electron chi connectivity index (χ0n) is 11.2. The Morgan fingerprint density at radius 3 is 2.65 bits per heavy atom. The molecule has 112 valence electrons. The topological polar surface area (TPSA) is 50.2 Å². The lowest BCUT2D eigenvalue weighted by atomic mass is 10.1. The number of alkyl halides is 3. The molecule has 1 aromatic rings. The first kappa shape index (κ1) is 14.8. The largest absolute Gasteiger partial charge is 0.435 e. The third-order valence-corrected chi connectivity index (χ3v) is 3.32. The van der Waals surface area contributed by atoms with Crippen molar-refractivity contribution in [3.63, 3.8) is 0 Å². The Morgan fingerprint density at radius 2 is 2.10 bits per heavy atom. The third-order valence-electron chi connectivity index (χ3n) is 3.32. The summed E-state index contributed by atoms with van der Waals surface area (Å²) in [6, 6.07) is 0.958. The second kappa shape index (κ2) is 5.82. The number of hydrogen-bond donors (Lipinski definition) is 1. The molecular formula is C12H17F3N4O. The quantitative estimate of drug-likeness (QED) is 0.907. The van der Waals surface area contributed by atoms with Crippen LogP contribution in [-0.4, -0.2) is 46.8 Å². The summed E-state index contributed by atoms with van der Waals surface area (Å²) >= 11 is 0. The van der Waals surface area contributed by atoms with Crippen LogP contribution in [0.25, 0.3) is 0 Å². The summed E-state index contributed by atoms with van der Waals surface area (Å²) in [6.07, 6.45) is -1.60. The van der Waals surface area contributed by atoms with Crippen molar-refractivity contribution in [1.82, 2.24) is 20.0 Å². The molecule has 1 aliphatic rings. The van der Waals surface area contributed by atoms with Gasteiger partial charge in [0.25, 0.3) is 0 Å². The van der Waals surface area contributed by atoms with Gasteiger partial charge < -0.3 is 10.2 Å². The van der Waals surface area contributed by atoms with Gasteiger partial charge in [-0.05, 0) is 39.0 Å². The maximum atomic E-state index is 12.4. The fourth-order valence-electron chi connectivity index (χ4n) is 2.17. The van der Waals surface area contributed by atoms with Crippen LogP contribution in [-0.2, 0) is 17.5 Å². The van der Waals surface area contributed by atoms with Crippen LogP contribution in [0.4, 0.5) is 13.2 Å². The zero-order chi connectivity index (χ0) is 14.8. The second-order valence-corrected chi connectivity index (χ2v) is 5.04. The number of amides is 1. The summed E-state index contributed by atoms with van der Waals surface area (Å²) in [6.45, 7) is 1.62. The Labute approximate surface area is 114 Å². The fraction of sp³-hybridized carbons (Fsp3) is 0.667. The van der Waals surface area contributed by atoms with Crippen molar-refractivity contribution in [2.24, 2.45) is 0 Å². The van der Waals surface area contributed by atoms with E-state index in [9.17, 15) is 18.0 Å². The number of likely N-dealkylation sites (tertiary alicyclic amines) is 1. The maximum absolute atomic E-state index is 12.4.